The number of thioether (sulfide) groups is 1. The monoisotopic (exact) mass is 274 g/mol. The van der Waals surface area contributed by atoms with Crippen molar-refractivity contribution >= 4 is 29.1 Å². The van der Waals surface area contributed by atoms with Crippen molar-refractivity contribution in [2.45, 2.75) is 12.7 Å². The van der Waals surface area contributed by atoms with Crippen LogP contribution in [-0.2, 0) is 5.75 Å². The van der Waals surface area contributed by atoms with Gasteiger partial charge in [-0.3, -0.25) is 10.1 Å². The van der Waals surface area contributed by atoms with Gasteiger partial charge in [-0.25, -0.2) is 0 Å². The number of nitro benzene ring substituents is 1. The fourth-order valence-electron chi connectivity index (χ4n) is 1.29. The van der Waals surface area contributed by atoms with Crippen molar-refractivity contribution < 1.29 is 4.92 Å². The first-order chi connectivity index (χ1) is 8.06. The van der Waals surface area contributed by atoms with Crippen LogP contribution >= 0.6 is 23.4 Å². The van der Waals surface area contributed by atoms with E-state index in [-0.39, 0.29) is 5.69 Å². The van der Waals surface area contributed by atoms with Crippen LogP contribution in [0.15, 0.2) is 18.2 Å². The summed E-state index contributed by atoms with van der Waals surface area (Å²) in [6, 6.07) is 4.75. The molecule has 0 aliphatic heterocycles. The molecule has 0 spiro atoms. The molecule has 0 amide bonds. The molecule has 6 heteroatoms. The van der Waals surface area contributed by atoms with E-state index in [9.17, 15) is 10.1 Å². The highest BCUT2D eigenvalue weighted by atomic mass is 35.5. The average molecular weight is 275 g/mol. The van der Waals surface area contributed by atoms with E-state index in [1.807, 2.05) is 6.92 Å². The Morgan fingerprint density at radius 3 is 2.88 bits per heavy atom. The van der Waals surface area contributed by atoms with Crippen molar-refractivity contribution in [1.29, 1.82) is 0 Å². The van der Waals surface area contributed by atoms with Crippen LogP contribution in [0.25, 0.3) is 0 Å². The molecule has 1 aromatic carbocycles. The molecule has 0 bridgehead atoms. The quantitative estimate of drug-likeness (QED) is 0.639. The smallest absolute Gasteiger partial charge is 0.274 e. The number of nitrogens with zero attached hydrogens (tertiary/aromatic N) is 1. The van der Waals surface area contributed by atoms with Crippen molar-refractivity contribution in [2.75, 3.05) is 12.3 Å². The van der Waals surface area contributed by atoms with Gasteiger partial charge in [0.15, 0.2) is 0 Å². The van der Waals surface area contributed by atoms with E-state index in [4.69, 9.17) is 17.3 Å². The summed E-state index contributed by atoms with van der Waals surface area (Å²) in [5.41, 5.74) is 6.19. The summed E-state index contributed by atoms with van der Waals surface area (Å²) in [4.78, 5) is 10.5. The second-order valence-electron chi connectivity index (χ2n) is 3.85. The third-order valence-corrected chi connectivity index (χ3v) is 3.99. The fourth-order valence-corrected chi connectivity index (χ4v) is 2.77. The van der Waals surface area contributed by atoms with E-state index >= 15 is 0 Å². The van der Waals surface area contributed by atoms with E-state index in [1.54, 1.807) is 23.9 Å². The molecule has 4 nitrogen and oxygen atoms in total. The third-order valence-electron chi connectivity index (χ3n) is 2.34. The Kier molecular flexibility index (Phi) is 5.74. The number of nitrogens with two attached hydrogens (primary N) is 1. The second-order valence-corrected chi connectivity index (χ2v) is 5.29. The predicted molar refractivity (Wildman–Crippen MR) is 72.5 cm³/mol. The van der Waals surface area contributed by atoms with Gasteiger partial charge in [0.1, 0.15) is 0 Å². The Morgan fingerprint density at radius 2 is 2.29 bits per heavy atom. The van der Waals surface area contributed by atoms with Gasteiger partial charge in [-0.15, -0.1) is 0 Å². The maximum Gasteiger partial charge on any atom is 0.274 e. The zero-order chi connectivity index (χ0) is 12.8. The van der Waals surface area contributed by atoms with Crippen LogP contribution in [0.2, 0.25) is 5.02 Å². The van der Waals surface area contributed by atoms with E-state index in [0.29, 0.717) is 28.8 Å². The lowest BCUT2D eigenvalue weighted by molar-refractivity contribution is -0.385. The van der Waals surface area contributed by atoms with Crippen molar-refractivity contribution in [3.8, 4) is 0 Å². The molecule has 0 aromatic heterocycles. The van der Waals surface area contributed by atoms with Crippen molar-refractivity contribution in [3.63, 3.8) is 0 Å². The SMILES string of the molecule is CC(CN)CSCc1c(Cl)cccc1[N+](=O)[O-]. The lowest BCUT2D eigenvalue weighted by Gasteiger charge is -2.08. The minimum absolute atomic E-state index is 0.0883. The van der Waals surface area contributed by atoms with Crippen LogP contribution in [0.4, 0.5) is 5.69 Å². The van der Waals surface area contributed by atoms with Gasteiger partial charge in [0.25, 0.3) is 5.69 Å². The highest BCUT2D eigenvalue weighted by Gasteiger charge is 2.16. The van der Waals surface area contributed by atoms with Gasteiger partial charge >= 0.3 is 0 Å². The molecule has 0 aliphatic carbocycles. The first kappa shape index (κ1) is 14.3. The predicted octanol–water partition coefficient (Wildman–Crippen LogP) is 3.08. The first-order valence-corrected chi connectivity index (χ1v) is 6.79. The maximum atomic E-state index is 10.8. The number of hydrogen-bond acceptors (Lipinski definition) is 4. The molecule has 0 fully saturated rings. The molecule has 0 saturated heterocycles. The van der Waals surface area contributed by atoms with Gasteiger partial charge in [0, 0.05) is 11.8 Å². The Hall–Kier alpha value is -0.780. The number of nitro groups is 1. The van der Waals surface area contributed by atoms with Gasteiger partial charge in [0.05, 0.1) is 15.5 Å². The summed E-state index contributed by atoms with van der Waals surface area (Å²) in [7, 11) is 0. The van der Waals surface area contributed by atoms with Crippen LogP contribution in [-0.4, -0.2) is 17.2 Å². The summed E-state index contributed by atoms with van der Waals surface area (Å²) < 4.78 is 0. The van der Waals surface area contributed by atoms with Crippen LogP contribution in [0.3, 0.4) is 0 Å². The lowest BCUT2D eigenvalue weighted by atomic mass is 10.2. The molecule has 1 aromatic rings. The molecule has 0 aliphatic rings. The van der Waals surface area contributed by atoms with Gasteiger partial charge in [-0.2, -0.15) is 11.8 Å². The van der Waals surface area contributed by atoms with Gasteiger partial charge in [-0.1, -0.05) is 24.6 Å². The molecular formula is C11H15ClN2O2S. The van der Waals surface area contributed by atoms with Gasteiger partial charge in [-0.05, 0) is 24.3 Å². The Bertz CT molecular complexity index is 401. The molecule has 1 unspecified atom stereocenters. The summed E-state index contributed by atoms with van der Waals surface area (Å²) in [6.45, 7) is 2.67. The third kappa shape index (κ3) is 4.18. The minimum atomic E-state index is -0.395. The zero-order valence-corrected chi connectivity index (χ0v) is 11.1. The van der Waals surface area contributed by atoms with Gasteiger partial charge in [0.2, 0.25) is 0 Å². The molecule has 17 heavy (non-hydrogen) atoms. The van der Waals surface area contributed by atoms with Crippen molar-refractivity contribution in [1.82, 2.24) is 0 Å². The molecule has 0 saturated carbocycles. The topological polar surface area (TPSA) is 69.2 Å². The van der Waals surface area contributed by atoms with Crippen LogP contribution in [0.5, 0.6) is 0 Å². The summed E-state index contributed by atoms with van der Waals surface area (Å²) in [5.74, 6) is 1.82. The van der Waals surface area contributed by atoms with Crippen LogP contribution < -0.4 is 5.73 Å². The van der Waals surface area contributed by atoms with E-state index in [0.717, 1.165) is 5.75 Å². The molecular weight excluding hydrogens is 260 g/mol. The molecule has 1 atom stereocenters. The van der Waals surface area contributed by atoms with Crippen LogP contribution in [0, 0.1) is 16.0 Å². The Balaban J connectivity index is 2.72. The zero-order valence-electron chi connectivity index (χ0n) is 9.56. The first-order valence-electron chi connectivity index (χ1n) is 5.25. The maximum absolute atomic E-state index is 10.8. The van der Waals surface area contributed by atoms with E-state index in [2.05, 4.69) is 0 Å². The highest BCUT2D eigenvalue weighted by Crippen LogP contribution is 2.30. The lowest BCUT2D eigenvalue weighted by Crippen LogP contribution is -2.12. The minimum Gasteiger partial charge on any atom is -0.330 e. The van der Waals surface area contributed by atoms with Crippen molar-refractivity contribution in [3.05, 3.63) is 38.9 Å². The van der Waals surface area contributed by atoms with Gasteiger partial charge < -0.3 is 5.73 Å². The number of benzene rings is 1. The Labute approximate surface area is 110 Å². The average Bonchev–Trinajstić information content (AvgIpc) is 2.30. The molecule has 94 valence electrons. The normalized spacial score (nSPS) is 12.4. The fraction of sp³-hybridized carbons (Fsp3) is 0.455. The highest BCUT2D eigenvalue weighted by molar-refractivity contribution is 7.98. The summed E-state index contributed by atoms with van der Waals surface area (Å²) in [6.07, 6.45) is 0. The Morgan fingerprint density at radius 1 is 1.59 bits per heavy atom. The van der Waals surface area contributed by atoms with Crippen LogP contribution in [0.1, 0.15) is 12.5 Å². The standard InChI is InChI=1S/C11H15ClN2O2S/c1-8(5-13)6-17-7-9-10(12)3-2-4-11(9)14(15)16/h2-4,8H,5-7,13H2,1H3. The number of rotatable bonds is 6. The largest absolute Gasteiger partial charge is 0.330 e. The summed E-state index contributed by atoms with van der Waals surface area (Å²) >= 11 is 7.60. The molecule has 0 heterocycles. The number of hydrogen-bond donors (Lipinski definition) is 1. The number of halogens is 1. The van der Waals surface area contributed by atoms with Crippen molar-refractivity contribution in [2.24, 2.45) is 11.7 Å². The van der Waals surface area contributed by atoms with E-state index in [1.165, 1.54) is 6.07 Å². The molecule has 0 radical (unpaired) electrons. The molecule has 2 N–H and O–H groups in total. The molecule has 1 rings (SSSR count). The summed E-state index contributed by atoms with van der Waals surface area (Å²) in [5, 5.41) is 11.3. The van der Waals surface area contributed by atoms with E-state index < -0.39 is 4.92 Å². The second kappa shape index (κ2) is 6.83.